The van der Waals surface area contributed by atoms with Gasteiger partial charge >= 0.3 is 0 Å². The molecular weight excluding hydrogens is 212 g/mol. The number of hydrogen-bond acceptors (Lipinski definition) is 2. The molecule has 0 spiro atoms. The normalized spacial score (nSPS) is 12.1. The fourth-order valence-corrected chi connectivity index (χ4v) is 1.46. The van der Waals surface area contributed by atoms with E-state index in [1.807, 2.05) is 18.2 Å². The molecule has 1 amide bonds. The van der Waals surface area contributed by atoms with E-state index < -0.39 is 0 Å². The Morgan fingerprint density at radius 3 is 2.65 bits per heavy atom. The van der Waals surface area contributed by atoms with E-state index in [1.165, 1.54) is 5.56 Å². The van der Waals surface area contributed by atoms with Crippen LogP contribution in [0.1, 0.15) is 25.8 Å². The lowest BCUT2D eigenvalue weighted by Gasteiger charge is -2.11. The van der Waals surface area contributed by atoms with E-state index in [9.17, 15) is 4.79 Å². The summed E-state index contributed by atoms with van der Waals surface area (Å²) in [5.74, 6) is 0.0706. The standard InChI is InChI=1S/C14H22N2O/c1-3-12(2)16-11-14(17)15-10-9-13-7-5-4-6-8-13/h4-8,12,16H,3,9-11H2,1-2H3,(H,15,17). The maximum atomic E-state index is 11.5. The van der Waals surface area contributed by atoms with E-state index in [-0.39, 0.29) is 5.91 Å². The van der Waals surface area contributed by atoms with Crippen LogP contribution in [-0.4, -0.2) is 25.0 Å². The third-order valence-corrected chi connectivity index (χ3v) is 2.80. The summed E-state index contributed by atoms with van der Waals surface area (Å²) >= 11 is 0. The molecule has 0 bridgehead atoms. The number of amides is 1. The van der Waals surface area contributed by atoms with Gasteiger partial charge in [-0.2, -0.15) is 0 Å². The van der Waals surface area contributed by atoms with Crippen LogP contribution in [0.3, 0.4) is 0 Å². The first-order valence-corrected chi connectivity index (χ1v) is 6.26. The SMILES string of the molecule is CCC(C)NCC(=O)NCCc1ccccc1. The average Bonchev–Trinajstić information content (AvgIpc) is 2.37. The molecule has 1 rings (SSSR count). The second-order valence-corrected chi connectivity index (χ2v) is 4.28. The van der Waals surface area contributed by atoms with Gasteiger partial charge in [-0.15, -0.1) is 0 Å². The zero-order valence-corrected chi connectivity index (χ0v) is 10.7. The van der Waals surface area contributed by atoms with Crippen molar-refractivity contribution in [3.63, 3.8) is 0 Å². The molecule has 0 aromatic heterocycles. The van der Waals surface area contributed by atoms with E-state index in [0.717, 1.165) is 12.8 Å². The monoisotopic (exact) mass is 234 g/mol. The summed E-state index contributed by atoms with van der Waals surface area (Å²) in [5.41, 5.74) is 1.25. The summed E-state index contributed by atoms with van der Waals surface area (Å²) in [6, 6.07) is 10.6. The third-order valence-electron chi connectivity index (χ3n) is 2.80. The lowest BCUT2D eigenvalue weighted by Crippen LogP contribution is -2.38. The van der Waals surface area contributed by atoms with Crippen molar-refractivity contribution in [1.82, 2.24) is 10.6 Å². The Kier molecular flexibility index (Phi) is 6.33. The van der Waals surface area contributed by atoms with Crippen LogP contribution in [0.5, 0.6) is 0 Å². The predicted molar refractivity (Wildman–Crippen MR) is 70.9 cm³/mol. The van der Waals surface area contributed by atoms with Crippen molar-refractivity contribution in [2.75, 3.05) is 13.1 Å². The van der Waals surface area contributed by atoms with Gasteiger partial charge in [-0.1, -0.05) is 37.3 Å². The first-order chi connectivity index (χ1) is 8.22. The second-order valence-electron chi connectivity index (χ2n) is 4.28. The van der Waals surface area contributed by atoms with Crippen LogP contribution < -0.4 is 10.6 Å². The van der Waals surface area contributed by atoms with Gasteiger partial charge in [0.1, 0.15) is 0 Å². The van der Waals surface area contributed by atoms with Gasteiger partial charge in [-0.25, -0.2) is 0 Å². The topological polar surface area (TPSA) is 41.1 Å². The van der Waals surface area contributed by atoms with E-state index in [4.69, 9.17) is 0 Å². The van der Waals surface area contributed by atoms with Crippen LogP contribution in [0, 0.1) is 0 Å². The molecule has 1 atom stereocenters. The van der Waals surface area contributed by atoms with Crippen molar-refractivity contribution < 1.29 is 4.79 Å². The van der Waals surface area contributed by atoms with Gasteiger partial charge in [0.15, 0.2) is 0 Å². The van der Waals surface area contributed by atoms with Crippen molar-refractivity contribution in [1.29, 1.82) is 0 Å². The zero-order chi connectivity index (χ0) is 12.5. The molecule has 0 saturated heterocycles. The second kappa shape index (κ2) is 7.85. The first kappa shape index (κ1) is 13.7. The molecule has 3 nitrogen and oxygen atoms in total. The minimum atomic E-state index is 0.0706. The van der Waals surface area contributed by atoms with E-state index in [2.05, 4.69) is 36.6 Å². The summed E-state index contributed by atoms with van der Waals surface area (Å²) in [5, 5.41) is 6.08. The predicted octanol–water partition coefficient (Wildman–Crippen LogP) is 1.73. The molecule has 0 aliphatic heterocycles. The Bertz CT molecular complexity index is 324. The van der Waals surface area contributed by atoms with Crippen LogP contribution in [0.15, 0.2) is 30.3 Å². The van der Waals surface area contributed by atoms with Crippen LogP contribution in [0.2, 0.25) is 0 Å². The minimum Gasteiger partial charge on any atom is -0.355 e. The van der Waals surface area contributed by atoms with Crippen molar-refractivity contribution in [2.24, 2.45) is 0 Å². The number of carbonyl (C=O) groups excluding carboxylic acids is 1. The Balaban J connectivity index is 2.12. The molecule has 0 aliphatic carbocycles. The fraction of sp³-hybridized carbons (Fsp3) is 0.500. The summed E-state index contributed by atoms with van der Waals surface area (Å²) in [7, 11) is 0. The van der Waals surface area contributed by atoms with Gasteiger partial charge in [0.25, 0.3) is 0 Å². The molecule has 1 unspecified atom stereocenters. The van der Waals surface area contributed by atoms with E-state index in [1.54, 1.807) is 0 Å². The van der Waals surface area contributed by atoms with E-state index >= 15 is 0 Å². The largest absolute Gasteiger partial charge is 0.355 e. The molecule has 94 valence electrons. The number of hydrogen-bond donors (Lipinski definition) is 2. The Hall–Kier alpha value is -1.35. The van der Waals surface area contributed by atoms with Crippen LogP contribution in [0.25, 0.3) is 0 Å². The van der Waals surface area contributed by atoms with Gasteiger partial charge in [0, 0.05) is 12.6 Å². The van der Waals surface area contributed by atoms with Crippen molar-refractivity contribution >= 4 is 5.91 Å². The Labute approximate surface area is 104 Å². The summed E-state index contributed by atoms with van der Waals surface area (Å²) in [6.07, 6.45) is 1.92. The summed E-state index contributed by atoms with van der Waals surface area (Å²) < 4.78 is 0. The van der Waals surface area contributed by atoms with Gasteiger partial charge < -0.3 is 10.6 Å². The molecule has 3 heteroatoms. The quantitative estimate of drug-likeness (QED) is 0.754. The highest BCUT2D eigenvalue weighted by atomic mass is 16.1. The van der Waals surface area contributed by atoms with Gasteiger partial charge in [-0.05, 0) is 25.3 Å². The number of nitrogens with one attached hydrogen (secondary N) is 2. The van der Waals surface area contributed by atoms with Gasteiger partial charge in [0.05, 0.1) is 6.54 Å². The maximum absolute atomic E-state index is 11.5. The van der Waals surface area contributed by atoms with Crippen molar-refractivity contribution in [3.8, 4) is 0 Å². The van der Waals surface area contributed by atoms with Gasteiger partial charge in [0.2, 0.25) is 5.91 Å². The van der Waals surface area contributed by atoms with Gasteiger partial charge in [-0.3, -0.25) is 4.79 Å². The highest BCUT2D eigenvalue weighted by molar-refractivity contribution is 5.77. The molecule has 0 saturated carbocycles. The number of benzene rings is 1. The molecule has 0 aliphatic rings. The maximum Gasteiger partial charge on any atom is 0.233 e. The summed E-state index contributed by atoms with van der Waals surface area (Å²) in [4.78, 5) is 11.5. The zero-order valence-electron chi connectivity index (χ0n) is 10.7. The highest BCUT2D eigenvalue weighted by Gasteiger charge is 2.02. The third kappa shape index (κ3) is 6.07. The molecule has 0 radical (unpaired) electrons. The fourth-order valence-electron chi connectivity index (χ4n) is 1.46. The van der Waals surface area contributed by atoms with Crippen molar-refractivity contribution in [3.05, 3.63) is 35.9 Å². The van der Waals surface area contributed by atoms with Crippen LogP contribution >= 0.6 is 0 Å². The molecule has 1 aromatic rings. The first-order valence-electron chi connectivity index (χ1n) is 6.26. The van der Waals surface area contributed by atoms with Crippen LogP contribution in [-0.2, 0) is 11.2 Å². The Morgan fingerprint density at radius 1 is 1.29 bits per heavy atom. The number of rotatable bonds is 7. The minimum absolute atomic E-state index is 0.0706. The highest BCUT2D eigenvalue weighted by Crippen LogP contribution is 1.97. The Morgan fingerprint density at radius 2 is 2.00 bits per heavy atom. The summed E-state index contributed by atoms with van der Waals surface area (Å²) in [6.45, 7) is 5.29. The molecule has 2 N–H and O–H groups in total. The molecular formula is C14H22N2O. The van der Waals surface area contributed by atoms with Crippen molar-refractivity contribution in [2.45, 2.75) is 32.7 Å². The number of carbonyl (C=O) groups is 1. The van der Waals surface area contributed by atoms with Crippen LogP contribution in [0.4, 0.5) is 0 Å². The van der Waals surface area contributed by atoms with E-state index in [0.29, 0.717) is 19.1 Å². The average molecular weight is 234 g/mol. The molecule has 1 aromatic carbocycles. The molecule has 17 heavy (non-hydrogen) atoms. The lowest BCUT2D eigenvalue weighted by atomic mass is 10.1. The molecule has 0 heterocycles. The lowest BCUT2D eigenvalue weighted by molar-refractivity contribution is -0.120. The smallest absolute Gasteiger partial charge is 0.233 e. The molecule has 0 fully saturated rings.